The van der Waals surface area contributed by atoms with Crippen LogP contribution in [0.2, 0.25) is 0 Å². The van der Waals surface area contributed by atoms with Gasteiger partial charge in [0.05, 0.1) is 6.61 Å². The third-order valence-electron chi connectivity index (χ3n) is 3.04. The molecular formula is C13H18O2S. The topological polar surface area (TPSA) is 26.3 Å². The number of thiophene rings is 1. The van der Waals surface area contributed by atoms with Gasteiger partial charge in [0.15, 0.2) is 0 Å². The Balaban J connectivity index is 1.67. The van der Waals surface area contributed by atoms with Gasteiger partial charge < -0.3 is 4.74 Å². The summed E-state index contributed by atoms with van der Waals surface area (Å²) in [7, 11) is 0. The fourth-order valence-electron chi connectivity index (χ4n) is 2.09. The van der Waals surface area contributed by atoms with E-state index in [2.05, 4.69) is 17.5 Å². The molecule has 2 nitrogen and oxygen atoms in total. The van der Waals surface area contributed by atoms with Gasteiger partial charge in [0.25, 0.3) is 0 Å². The van der Waals surface area contributed by atoms with Crippen molar-refractivity contribution in [2.24, 2.45) is 5.92 Å². The smallest absolute Gasteiger partial charge is 0.138 e. The lowest BCUT2D eigenvalue weighted by Gasteiger charge is -2.20. The Labute approximate surface area is 101 Å². The number of aryl methyl sites for hydroxylation is 1. The quantitative estimate of drug-likeness (QED) is 0.788. The first-order chi connectivity index (χ1) is 7.86. The molecule has 3 heteroatoms. The second-order valence-electron chi connectivity index (χ2n) is 4.31. The predicted octanol–water partition coefficient (Wildman–Crippen LogP) is 3.07. The van der Waals surface area contributed by atoms with E-state index >= 15 is 0 Å². The van der Waals surface area contributed by atoms with E-state index in [9.17, 15) is 4.79 Å². The molecule has 1 aliphatic rings. The van der Waals surface area contributed by atoms with E-state index in [0.29, 0.717) is 18.8 Å². The average Bonchev–Trinajstić information content (AvgIpc) is 2.83. The maximum absolute atomic E-state index is 11.8. The highest BCUT2D eigenvalue weighted by Gasteiger charge is 2.20. The fourth-order valence-corrected chi connectivity index (χ4v) is 2.84. The number of hydrogen-bond donors (Lipinski definition) is 0. The normalized spacial score (nSPS) is 20.9. The van der Waals surface area contributed by atoms with Crippen LogP contribution >= 0.6 is 11.3 Å². The molecule has 1 aromatic rings. The van der Waals surface area contributed by atoms with Gasteiger partial charge >= 0.3 is 0 Å². The Morgan fingerprint density at radius 3 is 3.19 bits per heavy atom. The van der Waals surface area contributed by atoms with Gasteiger partial charge in [-0.05, 0) is 37.1 Å². The van der Waals surface area contributed by atoms with Crippen LogP contribution in [0.5, 0.6) is 0 Å². The van der Waals surface area contributed by atoms with E-state index in [1.54, 1.807) is 11.3 Å². The maximum atomic E-state index is 11.8. The predicted molar refractivity (Wildman–Crippen MR) is 65.8 cm³/mol. The molecule has 0 radical (unpaired) electrons. The molecule has 0 N–H and O–H groups in total. The summed E-state index contributed by atoms with van der Waals surface area (Å²) >= 11 is 1.77. The van der Waals surface area contributed by atoms with Crippen molar-refractivity contribution >= 4 is 17.1 Å². The van der Waals surface area contributed by atoms with Gasteiger partial charge in [0.2, 0.25) is 0 Å². The number of ether oxygens (including phenoxy) is 1. The number of rotatable bonds is 5. The van der Waals surface area contributed by atoms with Gasteiger partial charge in [-0.1, -0.05) is 6.07 Å². The monoisotopic (exact) mass is 238 g/mol. The minimum absolute atomic E-state index is 0.178. The van der Waals surface area contributed by atoms with Crippen molar-refractivity contribution in [3.05, 3.63) is 22.4 Å². The molecule has 1 atom stereocenters. The van der Waals surface area contributed by atoms with Crippen LogP contribution in [0.1, 0.15) is 30.6 Å². The Kier molecular flexibility index (Phi) is 4.55. The minimum atomic E-state index is 0.178. The summed E-state index contributed by atoms with van der Waals surface area (Å²) in [5.74, 6) is 0.577. The van der Waals surface area contributed by atoms with E-state index in [1.165, 1.54) is 4.88 Å². The van der Waals surface area contributed by atoms with Gasteiger partial charge in [0.1, 0.15) is 5.78 Å². The first kappa shape index (κ1) is 11.8. The molecule has 16 heavy (non-hydrogen) atoms. The molecule has 88 valence electrons. The molecule has 2 rings (SSSR count). The van der Waals surface area contributed by atoms with Crippen LogP contribution in [0.15, 0.2) is 17.5 Å². The highest BCUT2D eigenvalue weighted by molar-refractivity contribution is 7.09. The van der Waals surface area contributed by atoms with Gasteiger partial charge in [-0.25, -0.2) is 0 Å². The molecule has 1 aromatic heterocycles. The molecular weight excluding hydrogens is 220 g/mol. The van der Waals surface area contributed by atoms with Crippen LogP contribution in [0.25, 0.3) is 0 Å². The van der Waals surface area contributed by atoms with Crippen LogP contribution in [0, 0.1) is 5.92 Å². The van der Waals surface area contributed by atoms with Crippen molar-refractivity contribution < 1.29 is 9.53 Å². The summed E-state index contributed by atoms with van der Waals surface area (Å²) in [4.78, 5) is 13.2. The summed E-state index contributed by atoms with van der Waals surface area (Å²) in [6.07, 6.45) is 4.80. The Morgan fingerprint density at radius 1 is 1.56 bits per heavy atom. The summed E-state index contributed by atoms with van der Waals surface area (Å²) in [6.45, 7) is 1.48. The summed E-state index contributed by atoms with van der Waals surface area (Å²) in [5, 5.41) is 2.09. The molecule has 1 unspecified atom stereocenters. The maximum Gasteiger partial charge on any atom is 0.138 e. The largest absolute Gasteiger partial charge is 0.381 e. The Bertz CT molecular complexity index is 313. The van der Waals surface area contributed by atoms with Crippen molar-refractivity contribution in [1.82, 2.24) is 0 Å². The highest BCUT2D eigenvalue weighted by atomic mass is 32.1. The van der Waals surface area contributed by atoms with Crippen LogP contribution in [-0.2, 0) is 16.0 Å². The zero-order valence-electron chi connectivity index (χ0n) is 9.48. The third-order valence-corrected chi connectivity index (χ3v) is 3.98. The number of carbonyl (C=O) groups is 1. The molecule has 1 aliphatic heterocycles. The minimum Gasteiger partial charge on any atom is -0.381 e. The molecule has 0 saturated carbocycles. The lowest BCUT2D eigenvalue weighted by Crippen LogP contribution is -2.25. The summed E-state index contributed by atoms with van der Waals surface area (Å²) < 4.78 is 5.34. The molecule has 0 bridgehead atoms. The average molecular weight is 238 g/mol. The van der Waals surface area contributed by atoms with Crippen LogP contribution < -0.4 is 0 Å². The van der Waals surface area contributed by atoms with E-state index in [4.69, 9.17) is 4.74 Å². The standard InChI is InChI=1S/C13H18O2S/c14-13(11-4-2-8-15-10-11)7-1-5-12-6-3-9-16-12/h3,6,9,11H,1-2,4-5,7-8,10H2. The second kappa shape index (κ2) is 6.16. The van der Waals surface area contributed by atoms with Crippen molar-refractivity contribution in [2.75, 3.05) is 13.2 Å². The zero-order valence-corrected chi connectivity index (χ0v) is 10.3. The van der Waals surface area contributed by atoms with Crippen molar-refractivity contribution in [1.29, 1.82) is 0 Å². The number of carbonyl (C=O) groups excluding carboxylic acids is 1. The van der Waals surface area contributed by atoms with Gasteiger partial charge in [0, 0.05) is 23.8 Å². The summed E-state index contributed by atoms with van der Waals surface area (Å²) in [5.41, 5.74) is 0. The van der Waals surface area contributed by atoms with Crippen LogP contribution in [0.3, 0.4) is 0 Å². The molecule has 0 amide bonds. The third kappa shape index (κ3) is 3.42. The molecule has 0 aromatic carbocycles. The summed E-state index contributed by atoms with van der Waals surface area (Å²) in [6, 6.07) is 4.20. The first-order valence-corrected chi connectivity index (χ1v) is 6.87. The molecule has 0 aliphatic carbocycles. The van der Waals surface area contributed by atoms with Gasteiger partial charge in [-0.3, -0.25) is 4.79 Å². The van der Waals surface area contributed by atoms with E-state index in [0.717, 1.165) is 32.3 Å². The van der Waals surface area contributed by atoms with E-state index in [1.807, 2.05) is 0 Å². The SMILES string of the molecule is O=C(CCCc1cccs1)C1CCCOC1. The lowest BCUT2D eigenvalue weighted by atomic mass is 9.94. The van der Waals surface area contributed by atoms with E-state index < -0.39 is 0 Å². The fraction of sp³-hybridized carbons (Fsp3) is 0.615. The van der Waals surface area contributed by atoms with Crippen molar-refractivity contribution in [3.63, 3.8) is 0 Å². The van der Waals surface area contributed by atoms with Crippen LogP contribution in [-0.4, -0.2) is 19.0 Å². The van der Waals surface area contributed by atoms with Gasteiger partial charge in [-0.2, -0.15) is 0 Å². The molecule has 1 saturated heterocycles. The molecule has 1 fully saturated rings. The Hall–Kier alpha value is -0.670. The van der Waals surface area contributed by atoms with Gasteiger partial charge in [-0.15, -0.1) is 11.3 Å². The van der Waals surface area contributed by atoms with Crippen LogP contribution in [0.4, 0.5) is 0 Å². The number of Topliss-reactive ketones (excluding diaryl/α,β-unsaturated/α-hetero) is 1. The highest BCUT2D eigenvalue weighted by Crippen LogP contribution is 2.18. The molecule has 2 heterocycles. The van der Waals surface area contributed by atoms with E-state index in [-0.39, 0.29) is 5.92 Å². The first-order valence-electron chi connectivity index (χ1n) is 5.99. The zero-order chi connectivity index (χ0) is 11.2. The number of hydrogen-bond acceptors (Lipinski definition) is 3. The van der Waals surface area contributed by atoms with Crippen molar-refractivity contribution in [3.8, 4) is 0 Å². The second-order valence-corrected chi connectivity index (χ2v) is 5.35. The Morgan fingerprint density at radius 2 is 2.50 bits per heavy atom. The lowest BCUT2D eigenvalue weighted by molar-refractivity contribution is -0.126. The van der Waals surface area contributed by atoms with Crippen molar-refractivity contribution in [2.45, 2.75) is 32.1 Å². The molecule has 0 spiro atoms. The number of ketones is 1.